The van der Waals surface area contributed by atoms with E-state index in [4.69, 9.17) is 42.6 Å². The zero-order valence-electron chi connectivity index (χ0n) is 58.8. The maximum Gasteiger partial charge on any atom is 0.512 e. The van der Waals surface area contributed by atoms with Gasteiger partial charge in [0.15, 0.2) is 11.4 Å². The van der Waals surface area contributed by atoms with Crippen molar-refractivity contribution in [2.75, 3.05) is 13.4 Å². The topological polar surface area (TPSA) is 292 Å². The summed E-state index contributed by atoms with van der Waals surface area (Å²) in [6.07, 6.45) is -0.503. The standard InChI is InChI=1S/C76H103NO20/c1-42(2)21-20-22-43(3)51-29-30-52-50-28-27-48-37-49(33-35-72(48,11)53(50)34-36-73(51,52)12)92-58(81)32-31-57(80)90-41-91-69(87)94-62(60(46-23-16-14-17-24-46)77-68(86)97-70(6,7)8)67(85)93-54-39-76(88)65(95-66(84)47-25-18-15-19-26-47)63-74(13,64(83)61(82)59(44(54)4)71(76,9)10)55(79)38-56-75(63,40-89-56)96-45(5)78/h14-19,23-27,42-43,49-56,60-63,65,79,82,88H,20-22,28-41H2,1-13H3,(H,77,86)/t43-,49+,50+,51-,52+,53+,54+,55+,56-,60+,61-,62-,63+,65+,72+,73-,74-,75+,76+/m1/s1. The van der Waals surface area contributed by atoms with Crippen LogP contribution in [0.15, 0.2) is 83.5 Å². The number of alkyl carbamates (subject to hydrolysis) is 1. The lowest BCUT2D eigenvalue weighted by atomic mass is 9.44. The third-order valence-electron chi connectivity index (χ3n) is 24.3. The lowest BCUT2D eigenvalue weighted by molar-refractivity contribution is -0.346. The van der Waals surface area contributed by atoms with E-state index < -0.39 is 144 Å². The highest BCUT2D eigenvalue weighted by Crippen LogP contribution is 2.68. The minimum atomic E-state index is -2.52. The molecule has 21 nitrogen and oxygen atoms in total. The molecule has 6 fully saturated rings. The molecule has 4 N–H and O–H groups in total. The van der Waals surface area contributed by atoms with Crippen LogP contribution in [0, 0.1) is 63.1 Å². The van der Waals surface area contributed by atoms with E-state index in [0.29, 0.717) is 30.1 Å². The number of Topliss-reactive ketones (excluding diaryl/α,β-unsaturated/α-hetero) is 1. The van der Waals surface area contributed by atoms with E-state index in [1.807, 2.05) is 0 Å². The molecule has 0 spiro atoms. The van der Waals surface area contributed by atoms with Gasteiger partial charge in [-0.3, -0.25) is 19.2 Å². The molecule has 2 bridgehead atoms. The summed E-state index contributed by atoms with van der Waals surface area (Å²) in [5.74, 6) is -3.10. The van der Waals surface area contributed by atoms with Crippen molar-refractivity contribution in [2.24, 2.45) is 63.1 Å². The average Bonchev–Trinajstić information content (AvgIpc) is 1.06. The van der Waals surface area contributed by atoms with Crippen molar-refractivity contribution in [3.8, 4) is 0 Å². The van der Waals surface area contributed by atoms with Crippen LogP contribution in [0.1, 0.15) is 208 Å². The van der Waals surface area contributed by atoms with Gasteiger partial charge >= 0.3 is 42.1 Å². The summed E-state index contributed by atoms with van der Waals surface area (Å²) in [4.78, 5) is 113. The first-order chi connectivity index (χ1) is 45.6. The van der Waals surface area contributed by atoms with Gasteiger partial charge in [0.25, 0.3) is 0 Å². The molecule has 21 heteroatoms. The summed E-state index contributed by atoms with van der Waals surface area (Å²) in [7, 11) is 0. The number of allylic oxidation sites excluding steroid dienone is 1. The molecule has 10 rings (SSSR count). The average molecular weight is 1350 g/mol. The van der Waals surface area contributed by atoms with Crippen LogP contribution in [0.4, 0.5) is 9.59 Å². The number of benzene rings is 2. The second kappa shape index (κ2) is 28.2. The number of hydrogen-bond donors (Lipinski definition) is 4. The van der Waals surface area contributed by atoms with E-state index in [1.165, 1.54) is 102 Å². The van der Waals surface area contributed by atoms with Crippen LogP contribution in [-0.4, -0.2) is 136 Å². The molecule has 5 saturated carbocycles. The van der Waals surface area contributed by atoms with Crippen LogP contribution in [0.5, 0.6) is 0 Å². The second-order valence-electron chi connectivity index (χ2n) is 31.8. The zero-order chi connectivity index (χ0) is 70.5. The highest BCUT2D eigenvalue weighted by molar-refractivity contribution is 5.94. The van der Waals surface area contributed by atoms with Gasteiger partial charge in [0.1, 0.15) is 47.8 Å². The van der Waals surface area contributed by atoms with Gasteiger partial charge in [0.2, 0.25) is 12.9 Å². The number of nitrogens with one attached hydrogen (secondary N) is 1. The lowest BCUT2D eigenvalue weighted by Crippen LogP contribution is -2.81. The van der Waals surface area contributed by atoms with E-state index in [9.17, 15) is 44.1 Å². The Morgan fingerprint density at radius 2 is 1.48 bits per heavy atom. The minimum absolute atomic E-state index is 0.0207. The lowest BCUT2D eigenvalue weighted by Gasteiger charge is -2.67. The smallest absolute Gasteiger partial charge is 0.462 e. The van der Waals surface area contributed by atoms with Crippen molar-refractivity contribution < 1.29 is 96.3 Å². The highest BCUT2D eigenvalue weighted by Gasteiger charge is 2.78. The molecule has 2 aromatic carbocycles. The molecular formula is C76H103NO20. The van der Waals surface area contributed by atoms with Crippen LogP contribution in [0.2, 0.25) is 0 Å². The number of rotatable bonds is 20. The first kappa shape index (κ1) is 73.0. The zero-order valence-corrected chi connectivity index (χ0v) is 58.8. The Balaban J connectivity index is 0.838. The van der Waals surface area contributed by atoms with Gasteiger partial charge in [-0.15, -0.1) is 0 Å². The number of ketones is 1. The van der Waals surface area contributed by atoms with E-state index in [1.54, 1.807) is 57.2 Å². The van der Waals surface area contributed by atoms with E-state index in [-0.39, 0.29) is 53.2 Å². The van der Waals surface area contributed by atoms with Crippen LogP contribution in [0.3, 0.4) is 0 Å². The van der Waals surface area contributed by atoms with Crippen molar-refractivity contribution in [1.82, 2.24) is 5.32 Å². The molecule has 532 valence electrons. The summed E-state index contributed by atoms with van der Waals surface area (Å²) in [5.41, 5.74) is -7.47. The predicted molar refractivity (Wildman–Crippen MR) is 352 cm³/mol. The molecule has 7 aliphatic carbocycles. The van der Waals surface area contributed by atoms with E-state index >= 15 is 9.59 Å². The number of fused-ring (bicyclic) bond motifs is 10. The molecule has 1 heterocycles. The Bertz CT molecular complexity index is 3360. The van der Waals surface area contributed by atoms with Gasteiger partial charge in [-0.2, -0.15) is 0 Å². The maximum absolute atomic E-state index is 15.4. The van der Waals surface area contributed by atoms with E-state index in [2.05, 4.69) is 46.0 Å². The third kappa shape index (κ3) is 14.0. The fourth-order valence-corrected chi connectivity index (χ4v) is 19.2. The summed E-state index contributed by atoms with van der Waals surface area (Å²) in [6.45, 7) is 22.5. The van der Waals surface area contributed by atoms with Crippen LogP contribution >= 0.6 is 0 Å². The van der Waals surface area contributed by atoms with Crippen molar-refractivity contribution in [2.45, 2.75) is 252 Å². The Morgan fingerprint density at radius 1 is 0.804 bits per heavy atom. The molecule has 8 aliphatic rings. The first-order valence-electron chi connectivity index (χ1n) is 35.1. The fraction of sp³-hybridized carbons (Fsp3) is 0.684. The van der Waals surface area contributed by atoms with Gasteiger partial charge in [0.05, 0.1) is 42.4 Å². The Labute approximate surface area is 570 Å². The number of ether oxygens (including phenoxy) is 9. The summed E-state index contributed by atoms with van der Waals surface area (Å²) in [6, 6.07) is 13.9. The molecule has 2 aromatic rings. The van der Waals surface area contributed by atoms with Gasteiger partial charge in [-0.25, -0.2) is 19.2 Å². The van der Waals surface area contributed by atoms with Gasteiger partial charge in [-0.1, -0.05) is 128 Å². The number of hydrogen-bond acceptors (Lipinski definition) is 20. The molecule has 0 aromatic heterocycles. The van der Waals surface area contributed by atoms with Gasteiger partial charge < -0.3 is 63.3 Å². The molecule has 97 heavy (non-hydrogen) atoms. The first-order valence-corrected chi connectivity index (χ1v) is 35.1. The van der Waals surface area contributed by atoms with E-state index in [0.717, 1.165) is 43.4 Å². The number of aliphatic hydroxyl groups is 3. The predicted octanol–water partition coefficient (Wildman–Crippen LogP) is 11.7. The quantitative estimate of drug-likeness (QED) is 0.0414. The number of amides is 1. The number of carbonyl (C=O) groups is 8. The normalized spacial score (nSPS) is 34.8. The van der Waals surface area contributed by atoms with Crippen molar-refractivity contribution in [3.63, 3.8) is 0 Å². The molecule has 1 aliphatic heterocycles. The van der Waals surface area contributed by atoms with Crippen LogP contribution < -0.4 is 5.32 Å². The summed E-state index contributed by atoms with van der Waals surface area (Å²) in [5, 5.41) is 41.2. The second-order valence-corrected chi connectivity index (χ2v) is 31.8. The number of aliphatic hydroxyl groups excluding tert-OH is 2. The molecule has 0 radical (unpaired) electrons. The Kier molecular flexibility index (Phi) is 21.2. The van der Waals surface area contributed by atoms with Crippen LogP contribution in [0.25, 0.3) is 0 Å². The van der Waals surface area contributed by atoms with Crippen molar-refractivity contribution >= 4 is 47.9 Å². The molecule has 1 saturated heterocycles. The fourth-order valence-electron chi connectivity index (χ4n) is 19.2. The van der Waals surface area contributed by atoms with Crippen molar-refractivity contribution in [1.29, 1.82) is 0 Å². The Hall–Kier alpha value is -6.68. The third-order valence-corrected chi connectivity index (χ3v) is 24.3. The van der Waals surface area contributed by atoms with Gasteiger partial charge in [0, 0.05) is 31.6 Å². The summed E-state index contributed by atoms with van der Waals surface area (Å²) < 4.78 is 52.6. The molecular weight excluding hydrogens is 1250 g/mol. The monoisotopic (exact) mass is 1350 g/mol. The van der Waals surface area contributed by atoms with Gasteiger partial charge in [-0.05, 0) is 155 Å². The molecule has 1 amide bonds. The number of esters is 5. The molecule has 0 unspecified atom stereocenters. The number of carbonyl (C=O) groups excluding carboxylic acids is 8. The SMILES string of the molecule is CC(=O)O[C@@]12CO[C@@H]1C[C@H](O)[C@@]1(C)C(=O)[C@H](O)C3=C(C)[C@@H](OC(=O)[C@H](OC(=O)OCOC(=O)CCC(=O)O[C@H]4CC[C@@]5(C)C(=CC[C@H]6[C@@H]7CC[C@H]([C@H](C)CCCC(C)C)[C@@]7(C)CC[C@@H]65)C4)[C@@H](NC(=O)OC(C)(C)C)c4ccccc4)C[C@](O)([C@@H](OC(=O)c4ccccc4)[C@H]21)C3(C)C. The van der Waals surface area contributed by atoms with Crippen molar-refractivity contribution in [3.05, 3.63) is 94.6 Å². The van der Waals surface area contributed by atoms with Crippen LogP contribution in [-0.2, 0) is 66.6 Å². The largest absolute Gasteiger partial charge is 0.512 e. The summed E-state index contributed by atoms with van der Waals surface area (Å²) >= 11 is 0. The maximum atomic E-state index is 15.4. The minimum Gasteiger partial charge on any atom is -0.462 e. The Morgan fingerprint density at radius 3 is 2.13 bits per heavy atom. The molecule has 19 atom stereocenters. The highest BCUT2D eigenvalue weighted by atomic mass is 16.8.